The first-order chi connectivity index (χ1) is 13.5. The quantitative estimate of drug-likeness (QED) is 0.425. The van der Waals surface area contributed by atoms with Crippen molar-refractivity contribution in [2.24, 2.45) is 5.10 Å². The molecule has 0 aliphatic carbocycles. The van der Waals surface area contributed by atoms with Gasteiger partial charge in [-0.15, -0.1) is 0 Å². The highest BCUT2D eigenvalue weighted by Gasteiger charge is 2.14. The van der Waals surface area contributed by atoms with Crippen LogP contribution >= 0.6 is 23.2 Å². The largest absolute Gasteiger partial charge is 0.489 e. The van der Waals surface area contributed by atoms with Crippen molar-refractivity contribution in [2.75, 3.05) is 0 Å². The summed E-state index contributed by atoms with van der Waals surface area (Å²) in [5.41, 5.74) is 1.60. The number of benzene rings is 3. The molecule has 1 N–H and O–H groups in total. The molecule has 0 aliphatic heterocycles. The minimum Gasteiger partial charge on any atom is -0.489 e. The van der Waals surface area contributed by atoms with Crippen molar-refractivity contribution in [1.82, 2.24) is 4.83 Å². The monoisotopic (exact) mass is 434 g/mol. The highest BCUT2D eigenvalue weighted by Crippen LogP contribution is 2.24. The van der Waals surface area contributed by atoms with Crippen molar-refractivity contribution >= 4 is 39.4 Å². The molecule has 0 bridgehead atoms. The van der Waals surface area contributed by atoms with Crippen LogP contribution in [0.5, 0.6) is 5.75 Å². The van der Waals surface area contributed by atoms with Crippen LogP contribution in [0.15, 0.2) is 82.8 Å². The van der Waals surface area contributed by atoms with E-state index in [0.717, 1.165) is 16.9 Å². The molecule has 0 aromatic heterocycles. The van der Waals surface area contributed by atoms with Crippen molar-refractivity contribution in [3.8, 4) is 5.75 Å². The lowest BCUT2D eigenvalue weighted by molar-refractivity contribution is 0.306. The second kappa shape index (κ2) is 9.10. The molecule has 3 rings (SSSR count). The fraction of sp³-hybridized carbons (Fsp3) is 0.0500. The molecule has 144 valence electrons. The number of rotatable bonds is 7. The number of para-hydroxylation sites is 1. The van der Waals surface area contributed by atoms with E-state index < -0.39 is 10.0 Å². The van der Waals surface area contributed by atoms with Gasteiger partial charge < -0.3 is 4.74 Å². The average Bonchev–Trinajstić information content (AvgIpc) is 2.70. The Labute approximate surface area is 173 Å². The Morgan fingerprint density at radius 1 is 0.929 bits per heavy atom. The smallest absolute Gasteiger partial charge is 0.276 e. The second-order valence-corrected chi connectivity index (χ2v) is 8.20. The van der Waals surface area contributed by atoms with Gasteiger partial charge >= 0.3 is 0 Å². The molecule has 0 heterocycles. The Bertz CT molecular complexity index is 1090. The van der Waals surface area contributed by atoms with Crippen molar-refractivity contribution in [1.29, 1.82) is 0 Å². The first-order valence-electron chi connectivity index (χ1n) is 8.21. The Morgan fingerprint density at radius 2 is 1.64 bits per heavy atom. The van der Waals surface area contributed by atoms with E-state index >= 15 is 0 Å². The maximum absolute atomic E-state index is 12.3. The zero-order valence-corrected chi connectivity index (χ0v) is 16.9. The summed E-state index contributed by atoms with van der Waals surface area (Å²) in [4.78, 5) is 2.14. The number of nitrogens with zero attached hydrogens (tertiary/aromatic N) is 1. The molecule has 3 aromatic carbocycles. The number of hydrogen-bond acceptors (Lipinski definition) is 4. The van der Waals surface area contributed by atoms with Gasteiger partial charge in [-0.3, -0.25) is 0 Å². The standard InChI is InChI=1S/C20H16Cl2N2O3S/c21-19-11-10-18(12-20(19)22)28(25,26)24-23-13-15-6-4-5-7-16(15)14-27-17-8-2-1-3-9-17/h1-13,24H,14H2/b23-13+. The summed E-state index contributed by atoms with van der Waals surface area (Å²) in [7, 11) is -3.86. The number of halogens is 2. The van der Waals surface area contributed by atoms with Gasteiger partial charge in [0.2, 0.25) is 0 Å². The van der Waals surface area contributed by atoms with Crippen LogP contribution in [0, 0.1) is 0 Å². The van der Waals surface area contributed by atoms with Crippen LogP contribution in [0.1, 0.15) is 11.1 Å². The van der Waals surface area contributed by atoms with Gasteiger partial charge in [-0.25, -0.2) is 4.83 Å². The van der Waals surface area contributed by atoms with Crippen molar-refractivity contribution < 1.29 is 13.2 Å². The SMILES string of the molecule is O=S(=O)(N/N=C/c1ccccc1COc1ccccc1)c1ccc(Cl)c(Cl)c1. The Balaban J connectivity index is 1.71. The third-order valence-corrected chi connectivity index (χ3v) is 5.73. The predicted octanol–water partition coefficient (Wildman–Crippen LogP) is 4.88. The molecule has 8 heteroatoms. The first-order valence-corrected chi connectivity index (χ1v) is 10.5. The fourth-order valence-electron chi connectivity index (χ4n) is 2.33. The number of ether oxygens (including phenoxy) is 1. The van der Waals surface area contributed by atoms with E-state index in [2.05, 4.69) is 9.93 Å². The maximum Gasteiger partial charge on any atom is 0.276 e. The van der Waals surface area contributed by atoms with E-state index in [0.29, 0.717) is 6.61 Å². The molecule has 0 saturated heterocycles. The third kappa shape index (κ3) is 5.25. The normalized spacial score (nSPS) is 11.5. The lowest BCUT2D eigenvalue weighted by Crippen LogP contribution is -2.18. The van der Waals surface area contributed by atoms with Crippen molar-refractivity contribution in [2.45, 2.75) is 11.5 Å². The van der Waals surface area contributed by atoms with Gasteiger partial charge in [0.25, 0.3) is 10.0 Å². The number of hydrogen-bond donors (Lipinski definition) is 1. The van der Waals surface area contributed by atoms with E-state index in [1.807, 2.05) is 54.6 Å². The topological polar surface area (TPSA) is 67.8 Å². The minimum atomic E-state index is -3.86. The molecule has 3 aromatic rings. The molecule has 5 nitrogen and oxygen atoms in total. The number of sulfonamides is 1. The lowest BCUT2D eigenvalue weighted by Gasteiger charge is -2.09. The van der Waals surface area contributed by atoms with E-state index in [4.69, 9.17) is 27.9 Å². The summed E-state index contributed by atoms with van der Waals surface area (Å²) >= 11 is 11.7. The van der Waals surface area contributed by atoms with Gasteiger partial charge in [-0.2, -0.15) is 13.5 Å². The molecule has 0 atom stereocenters. The van der Waals surface area contributed by atoms with E-state index in [-0.39, 0.29) is 14.9 Å². The third-order valence-electron chi connectivity index (χ3n) is 3.77. The molecule has 0 amide bonds. The van der Waals surface area contributed by atoms with Crippen LogP contribution < -0.4 is 9.57 Å². The lowest BCUT2D eigenvalue weighted by atomic mass is 10.1. The zero-order valence-electron chi connectivity index (χ0n) is 14.5. The van der Waals surface area contributed by atoms with Gasteiger partial charge in [0, 0.05) is 5.56 Å². The van der Waals surface area contributed by atoms with Gasteiger partial charge in [-0.05, 0) is 35.9 Å². The number of hydrazone groups is 1. The van der Waals surface area contributed by atoms with E-state index in [1.165, 1.54) is 24.4 Å². The molecule has 28 heavy (non-hydrogen) atoms. The Morgan fingerprint density at radius 3 is 2.39 bits per heavy atom. The fourth-order valence-corrected chi connectivity index (χ4v) is 3.51. The Kier molecular flexibility index (Phi) is 6.57. The van der Waals surface area contributed by atoms with E-state index in [1.54, 1.807) is 0 Å². The van der Waals surface area contributed by atoms with Gasteiger partial charge in [-0.1, -0.05) is 65.7 Å². The van der Waals surface area contributed by atoms with Crippen LogP contribution in [0.25, 0.3) is 0 Å². The van der Waals surface area contributed by atoms with Crippen molar-refractivity contribution in [3.05, 3.63) is 94.0 Å². The van der Waals surface area contributed by atoms with Gasteiger partial charge in [0.15, 0.2) is 0 Å². The summed E-state index contributed by atoms with van der Waals surface area (Å²) in [6.07, 6.45) is 1.43. The predicted molar refractivity (Wildman–Crippen MR) is 112 cm³/mol. The summed E-state index contributed by atoms with van der Waals surface area (Å²) in [5.74, 6) is 0.745. The van der Waals surface area contributed by atoms with Crippen LogP contribution in [0.2, 0.25) is 10.0 Å². The van der Waals surface area contributed by atoms with Gasteiger partial charge in [0.1, 0.15) is 12.4 Å². The molecule has 0 radical (unpaired) electrons. The van der Waals surface area contributed by atoms with Crippen LogP contribution in [-0.2, 0) is 16.6 Å². The highest BCUT2D eigenvalue weighted by molar-refractivity contribution is 7.89. The molecule has 0 spiro atoms. The summed E-state index contributed by atoms with van der Waals surface area (Å²) < 4.78 is 30.4. The Hall–Kier alpha value is -2.54. The molecule has 0 fully saturated rings. The molecular formula is C20H16Cl2N2O3S. The highest BCUT2D eigenvalue weighted by atomic mass is 35.5. The van der Waals surface area contributed by atoms with Crippen LogP contribution in [-0.4, -0.2) is 14.6 Å². The average molecular weight is 435 g/mol. The van der Waals surface area contributed by atoms with E-state index in [9.17, 15) is 8.42 Å². The van der Waals surface area contributed by atoms with Crippen LogP contribution in [0.3, 0.4) is 0 Å². The molecular weight excluding hydrogens is 419 g/mol. The first kappa shape index (κ1) is 20.2. The number of nitrogens with one attached hydrogen (secondary N) is 1. The van der Waals surface area contributed by atoms with Gasteiger partial charge in [0.05, 0.1) is 21.2 Å². The van der Waals surface area contributed by atoms with Crippen LogP contribution in [0.4, 0.5) is 0 Å². The maximum atomic E-state index is 12.3. The second-order valence-electron chi connectivity index (χ2n) is 5.73. The molecule has 0 aliphatic rings. The summed E-state index contributed by atoms with van der Waals surface area (Å²) in [6, 6.07) is 20.9. The van der Waals surface area contributed by atoms with Crippen molar-refractivity contribution in [3.63, 3.8) is 0 Å². The molecule has 0 unspecified atom stereocenters. The summed E-state index contributed by atoms with van der Waals surface area (Å²) in [5, 5.41) is 4.29. The zero-order chi connectivity index (χ0) is 20.0. The molecule has 0 saturated carbocycles. The minimum absolute atomic E-state index is 0.0280. The summed E-state index contributed by atoms with van der Waals surface area (Å²) in [6.45, 7) is 0.325.